The third-order valence-electron chi connectivity index (χ3n) is 6.18. The molecule has 0 N–H and O–H groups in total. The number of anilines is 1. The number of pyridine rings is 1. The lowest BCUT2D eigenvalue weighted by Gasteiger charge is -2.42. The van der Waals surface area contributed by atoms with Crippen molar-refractivity contribution in [2.45, 2.75) is 40.2 Å². The first-order valence-electron chi connectivity index (χ1n) is 10.7. The summed E-state index contributed by atoms with van der Waals surface area (Å²) >= 11 is 0. The van der Waals surface area contributed by atoms with Gasteiger partial charge >= 0.3 is 0 Å². The zero-order valence-corrected chi connectivity index (χ0v) is 18.3. The minimum atomic E-state index is -0.0685. The Labute approximate surface area is 178 Å². The number of benzene rings is 1. The molecule has 1 fully saturated rings. The van der Waals surface area contributed by atoms with Gasteiger partial charge in [-0.2, -0.15) is 0 Å². The summed E-state index contributed by atoms with van der Waals surface area (Å²) in [6, 6.07) is 10.7. The predicted molar refractivity (Wildman–Crippen MR) is 118 cm³/mol. The molecule has 1 aromatic carbocycles. The van der Waals surface area contributed by atoms with E-state index in [0.29, 0.717) is 31.6 Å². The second-order valence-electron chi connectivity index (χ2n) is 8.60. The van der Waals surface area contributed by atoms with Crippen molar-refractivity contribution < 1.29 is 9.59 Å². The monoisotopic (exact) mass is 406 g/mol. The average Bonchev–Trinajstić information content (AvgIpc) is 2.69. The number of fused-ring (bicyclic) bond motifs is 1. The van der Waals surface area contributed by atoms with Gasteiger partial charge in [-0.25, -0.2) is 0 Å². The molecule has 0 radical (unpaired) electrons. The fraction of sp³-hybridized carbons (Fsp3) is 0.458. The quantitative estimate of drug-likeness (QED) is 0.787. The summed E-state index contributed by atoms with van der Waals surface area (Å²) in [6.07, 6.45) is 0.703. The third-order valence-corrected chi connectivity index (χ3v) is 6.18. The van der Waals surface area contributed by atoms with E-state index in [1.807, 2.05) is 24.8 Å². The van der Waals surface area contributed by atoms with Gasteiger partial charge in [-0.05, 0) is 57.0 Å². The lowest BCUT2D eigenvalue weighted by molar-refractivity contribution is -0.132. The molecular weight excluding hydrogens is 376 g/mol. The lowest BCUT2D eigenvalue weighted by Crippen LogP contribution is -2.56. The molecule has 1 unspecified atom stereocenters. The molecule has 1 atom stereocenters. The molecular formula is C24H30N4O2. The number of aromatic nitrogens is 1. The van der Waals surface area contributed by atoms with E-state index in [9.17, 15) is 9.59 Å². The van der Waals surface area contributed by atoms with Crippen molar-refractivity contribution in [2.75, 3.05) is 37.6 Å². The van der Waals surface area contributed by atoms with E-state index in [2.05, 4.69) is 48.0 Å². The summed E-state index contributed by atoms with van der Waals surface area (Å²) in [7, 11) is 0. The Kier molecular flexibility index (Phi) is 5.50. The summed E-state index contributed by atoms with van der Waals surface area (Å²) in [6.45, 7) is 11.0. The number of rotatable bonds is 3. The second kappa shape index (κ2) is 8.09. The van der Waals surface area contributed by atoms with Gasteiger partial charge in [0.25, 0.3) is 5.91 Å². The van der Waals surface area contributed by atoms with Crippen LogP contribution in [0.25, 0.3) is 0 Å². The van der Waals surface area contributed by atoms with E-state index in [4.69, 9.17) is 0 Å². The molecule has 158 valence electrons. The van der Waals surface area contributed by atoms with Crippen LogP contribution in [0.15, 0.2) is 30.3 Å². The van der Waals surface area contributed by atoms with Crippen LogP contribution in [0.1, 0.15) is 39.8 Å². The number of amides is 2. The molecule has 2 aliphatic rings. The fourth-order valence-corrected chi connectivity index (χ4v) is 4.68. The fourth-order valence-electron chi connectivity index (χ4n) is 4.68. The summed E-state index contributed by atoms with van der Waals surface area (Å²) in [5.74, 6) is -0.0405. The second-order valence-corrected chi connectivity index (χ2v) is 8.60. The number of piperazine rings is 1. The Balaban J connectivity index is 1.41. The predicted octanol–water partition coefficient (Wildman–Crippen LogP) is 2.74. The molecule has 1 saturated heterocycles. The van der Waals surface area contributed by atoms with E-state index >= 15 is 0 Å². The zero-order chi connectivity index (χ0) is 21.4. The number of aryl methyl sites for hydroxylation is 3. The van der Waals surface area contributed by atoms with Gasteiger partial charge < -0.3 is 14.7 Å². The van der Waals surface area contributed by atoms with Crippen molar-refractivity contribution in [3.63, 3.8) is 0 Å². The maximum absolute atomic E-state index is 13.0. The van der Waals surface area contributed by atoms with Crippen LogP contribution in [0.3, 0.4) is 0 Å². The molecule has 2 aromatic rings. The Morgan fingerprint density at radius 3 is 2.67 bits per heavy atom. The Morgan fingerprint density at radius 2 is 1.93 bits per heavy atom. The zero-order valence-electron chi connectivity index (χ0n) is 18.3. The van der Waals surface area contributed by atoms with Crippen LogP contribution in [0, 0.1) is 20.8 Å². The van der Waals surface area contributed by atoms with Crippen LogP contribution in [-0.4, -0.2) is 65.4 Å². The van der Waals surface area contributed by atoms with Crippen molar-refractivity contribution in [3.8, 4) is 0 Å². The van der Waals surface area contributed by atoms with Crippen molar-refractivity contribution in [2.24, 2.45) is 0 Å². The first-order chi connectivity index (χ1) is 14.3. The molecule has 30 heavy (non-hydrogen) atoms. The molecule has 0 saturated carbocycles. The number of hydrogen-bond donors (Lipinski definition) is 0. The Bertz CT molecular complexity index is 987. The number of carbonyl (C=O) groups is 2. The van der Waals surface area contributed by atoms with Crippen LogP contribution < -0.4 is 4.90 Å². The van der Waals surface area contributed by atoms with Crippen LogP contribution in [0.5, 0.6) is 0 Å². The third kappa shape index (κ3) is 3.91. The van der Waals surface area contributed by atoms with Crippen LogP contribution in [0.4, 0.5) is 5.69 Å². The molecule has 3 heterocycles. The van der Waals surface area contributed by atoms with Gasteiger partial charge in [0.15, 0.2) is 0 Å². The molecule has 1 aromatic heterocycles. The van der Waals surface area contributed by atoms with Crippen molar-refractivity contribution in [3.05, 3.63) is 58.4 Å². The van der Waals surface area contributed by atoms with Crippen molar-refractivity contribution in [1.29, 1.82) is 0 Å². The Hall–Kier alpha value is -2.89. The standard InChI is InChI=1S/C24H30N4O2/c1-16-6-5-7-20(12-16)28-11-10-26(14-19(28)4)22(29)15-27-9-8-21-23(24(27)30)17(2)13-18(3)25-21/h5-7,12-13,19H,8-11,14-15H2,1-4H3. The van der Waals surface area contributed by atoms with Gasteiger partial charge in [0.2, 0.25) is 5.91 Å². The van der Waals surface area contributed by atoms with Gasteiger partial charge in [-0.1, -0.05) is 12.1 Å². The summed E-state index contributed by atoms with van der Waals surface area (Å²) < 4.78 is 0. The molecule has 0 bridgehead atoms. The molecule has 2 aliphatic heterocycles. The van der Waals surface area contributed by atoms with Crippen molar-refractivity contribution in [1.82, 2.24) is 14.8 Å². The highest BCUT2D eigenvalue weighted by molar-refractivity contribution is 5.99. The first-order valence-corrected chi connectivity index (χ1v) is 10.7. The van der Waals surface area contributed by atoms with Crippen molar-refractivity contribution >= 4 is 17.5 Å². The lowest BCUT2D eigenvalue weighted by atomic mass is 9.99. The van der Waals surface area contributed by atoms with E-state index in [1.165, 1.54) is 11.3 Å². The highest BCUT2D eigenvalue weighted by Crippen LogP contribution is 2.24. The maximum atomic E-state index is 13.0. The summed E-state index contributed by atoms with van der Waals surface area (Å²) in [5.41, 5.74) is 5.86. The maximum Gasteiger partial charge on any atom is 0.256 e. The van der Waals surface area contributed by atoms with Gasteiger partial charge in [-0.15, -0.1) is 0 Å². The van der Waals surface area contributed by atoms with Gasteiger partial charge in [0.05, 0.1) is 11.3 Å². The topological polar surface area (TPSA) is 56.8 Å². The minimum absolute atomic E-state index is 0.0280. The number of hydrogen-bond acceptors (Lipinski definition) is 4. The van der Waals surface area contributed by atoms with Crippen LogP contribution in [0.2, 0.25) is 0 Å². The van der Waals surface area contributed by atoms with E-state index < -0.39 is 0 Å². The van der Waals surface area contributed by atoms with E-state index in [0.717, 1.165) is 23.5 Å². The van der Waals surface area contributed by atoms with Gasteiger partial charge in [-0.3, -0.25) is 14.6 Å². The van der Waals surface area contributed by atoms with E-state index in [1.54, 1.807) is 4.90 Å². The smallest absolute Gasteiger partial charge is 0.256 e. The number of nitrogens with zero attached hydrogens (tertiary/aromatic N) is 4. The largest absolute Gasteiger partial charge is 0.365 e. The summed E-state index contributed by atoms with van der Waals surface area (Å²) in [5, 5.41) is 0. The highest BCUT2D eigenvalue weighted by atomic mass is 16.2. The SMILES string of the molecule is Cc1cccc(N2CCN(C(=O)CN3CCc4nc(C)cc(C)c4C3=O)CC2C)c1. The molecule has 0 spiro atoms. The molecule has 6 nitrogen and oxygen atoms in total. The minimum Gasteiger partial charge on any atom is -0.365 e. The number of carbonyl (C=O) groups excluding carboxylic acids is 2. The molecule has 4 rings (SSSR count). The Morgan fingerprint density at radius 1 is 1.13 bits per heavy atom. The first kappa shape index (κ1) is 20.4. The highest BCUT2D eigenvalue weighted by Gasteiger charge is 2.32. The molecule has 2 amide bonds. The van der Waals surface area contributed by atoms with Gasteiger partial charge in [0, 0.05) is 50.0 Å². The van der Waals surface area contributed by atoms with Gasteiger partial charge in [0.1, 0.15) is 6.54 Å². The normalized spacial score (nSPS) is 19.1. The van der Waals surface area contributed by atoms with Crippen LogP contribution in [-0.2, 0) is 11.2 Å². The molecule has 0 aliphatic carbocycles. The van der Waals surface area contributed by atoms with Crippen LogP contribution >= 0.6 is 0 Å². The summed E-state index contributed by atoms with van der Waals surface area (Å²) in [4.78, 5) is 36.5. The molecule has 6 heteroatoms. The van der Waals surface area contributed by atoms with E-state index in [-0.39, 0.29) is 24.4 Å². The average molecular weight is 407 g/mol.